The molecule has 0 aromatic heterocycles. The Balaban J connectivity index is 1.56. The lowest BCUT2D eigenvalue weighted by molar-refractivity contribution is -0.122. The highest BCUT2D eigenvalue weighted by Crippen LogP contribution is 2.41. The topological polar surface area (TPSA) is 87.6 Å². The molecule has 1 aliphatic heterocycles. The number of amidine groups is 1. The number of sulfonamides is 1. The number of anilines is 1. The van der Waals surface area contributed by atoms with Gasteiger partial charge in [-0.2, -0.15) is 0 Å². The maximum absolute atomic E-state index is 13.6. The Morgan fingerprint density at radius 3 is 2.48 bits per heavy atom. The van der Waals surface area contributed by atoms with Crippen molar-refractivity contribution in [3.05, 3.63) is 59.1 Å². The van der Waals surface area contributed by atoms with Crippen LogP contribution in [0.1, 0.15) is 63.4 Å². The van der Waals surface area contributed by atoms with E-state index in [9.17, 15) is 13.2 Å². The van der Waals surface area contributed by atoms with Gasteiger partial charge in [-0.25, -0.2) is 8.42 Å². The van der Waals surface area contributed by atoms with Gasteiger partial charge in [-0.05, 0) is 61.6 Å². The molecule has 0 radical (unpaired) electrons. The molecule has 8 heteroatoms. The van der Waals surface area contributed by atoms with Crippen molar-refractivity contribution in [3.8, 4) is 0 Å². The second kappa shape index (κ2) is 10.3. The molecular formula is C25H30ClN3O3S. The van der Waals surface area contributed by atoms with Crippen molar-refractivity contribution in [3.63, 3.8) is 0 Å². The molecule has 0 unspecified atom stereocenters. The second-order valence-electron chi connectivity index (χ2n) is 8.88. The number of nitrogens with zero attached hydrogens (tertiary/aromatic N) is 1. The quantitative estimate of drug-likeness (QED) is 0.589. The average molecular weight is 488 g/mol. The molecule has 0 saturated heterocycles. The number of halogens is 1. The smallest absolute Gasteiger partial charge is 0.262 e. The van der Waals surface area contributed by atoms with Gasteiger partial charge in [-0.1, -0.05) is 55.5 Å². The van der Waals surface area contributed by atoms with Crippen molar-refractivity contribution >= 4 is 39.1 Å². The van der Waals surface area contributed by atoms with E-state index in [1.807, 2.05) is 18.2 Å². The summed E-state index contributed by atoms with van der Waals surface area (Å²) >= 11 is 6.24. The van der Waals surface area contributed by atoms with Crippen LogP contribution < -0.4 is 10.0 Å². The Kier molecular flexibility index (Phi) is 7.39. The number of carbonyl (C=O) groups excluding carboxylic acids is 1. The van der Waals surface area contributed by atoms with Crippen molar-refractivity contribution in [1.82, 2.24) is 4.72 Å². The number of nitrogens with one attached hydrogen (secondary N) is 2. The number of amides is 1. The highest BCUT2D eigenvalue weighted by Gasteiger charge is 2.41. The molecule has 1 saturated carbocycles. The molecule has 33 heavy (non-hydrogen) atoms. The Labute approximate surface area is 200 Å². The van der Waals surface area contributed by atoms with E-state index >= 15 is 0 Å². The molecule has 4 rings (SSSR count). The molecule has 2 N–H and O–H groups in total. The fourth-order valence-corrected chi connectivity index (χ4v) is 6.08. The van der Waals surface area contributed by atoms with Gasteiger partial charge in [-0.3, -0.25) is 14.5 Å². The van der Waals surface area contributed by atoms with Crippen LogP contribution in [-0.2, 0) is 20.2 Å². The van der Waals surface area contributed by atoms with Gasteiger partial charge in [0.05, 0.1) is 10.3 Å². The maximum Gasteiger partial charge on any atom is 0.262 e. The lowest BCUT2D eigenvalue weighted by atomic mass is 9.68. The van der Waals surface area contributed by atoms with E-state index in [1.54, 1.807) is 18.2 Å². The highest BCUT2D eigenvalue weighted by atomic mass is 35.5. The average Bonchev–Trinajstić information content (AvgIpc) is 3.08. The van der Waals surface area contributed by atoms with Crippen LogP contribution in [0, 0.1) is 0 Å². The molecule has 0 spiro atoms. The zero-order valence-electron chi connectivity index (χ0n) is 18.6. The Morgan fingerprint density at radius 1 is 0.939 bits per heavy atom. The second-order valence-corrected chi connectivity index (χ2v) is 11.0. The SMILES string of the molecule is O=C(Nc1cccc(S(=O)(=O)NC2=NCCCCC2)c1)C1(c2cccc(Cl)c2)CCCCC1. The molecule has 0 atom stereocenters. The molecule has 1 amide bonds. The van der Waals surface area contributed by atoms with E-state index in [4.69, 9.17) is 11.6 Å². The third-order valence-electron chi connectivity index (χ3n) is 6.55. The summed E-state index contributed by atoms with van der Waals surface area (Å²) in [6.45, 7) is 0.638. The van der Waals surface area contributed by atoms with Gasteiger partial charge in [0, 0.05) is 23.7 Å². The van der Waals surface area contributed by atoms with Crippen molar-refractivity contribution in [2.75, 3.05) is 11.9 Å². The number of aliphatic imine (C=N–C) groups is 1. The van der Waals surface area contributed by atoms with Gasteiger partial charge in [0.15, 0.2) is 0 Å². The zero-order valence-corrected chi connectivity index (χ0v) is 20.2. The fourth-order valence-electron chi connectivity index (χ4n) is 4.75. The number of benzene rings is 2. The van der Waals surface area contributed by atoms with Gasteiger partial charge in [0.1, 0.15) is 5.84 Å². The largest absolute Gasteiger partial charge is 0.325 e. The predicted molar refractivity (Wildman–Crippen MR) is 132 cm³/mol. The molecule has 2 aliphatic rings. The predicted octanol–water partition coefficient (Wildman–Crippen LogP) is 5.43. The summed E-state index contributed by atoms with van der Waals surface area (Å²) < 4.78 is 28.5. The van der Waals surface area contributed by atoms with E-state index in [0.29, 0.717) is 29.5 Å². The first kappa shape index (κ1) is 23.8. The van der Waals surface area contributed by atoms with Crippen LogP contribution in [0.2, 0.25) is 5.02 Å². The summed E-state index contributed by atoms with van der Waals surface area (Å²) in [5.41, 5.74) is 0.687. The lowest BCUT2D eigenvalue weighted by Gasteiger charge is -2.36. The summed E-state index contributed by atoms with van der Waals surface area (Å²) in [6, 6.07) is 13.9. The summed E-state index contributed by atoms with van der Waals surface area (Å²) in [4.78, 5) is 18.0. The normalized spacial score (nSPS) is 18.6. The lowest BCUT2D eigenvalue weighted by Crippen LogP contribution is -2.42. The van der Waals surface area contributed by atoms with Crippen molar-refractivity contribution < 1.29 is 13.2 Å². The van der Waals surface area contributed by atoms with Crippen LogP contribution in [0.15, 0.2) is 58.4 Å². The third-order valence-corrected chi connectivity index (χ3v) is 8.16. The molecule has 2 aromatic carbocycles. The summed E-state index contributed by atoms with van der Waals surface area (Å²) in [5.74, 6) is 0.379. The Bertz CT molecular complexity index is 1140. The van der Waals surface area contributed by atoms with Gasteiger partial charge < -0.3 is 5.32 Å². The minimum Gasteiger partial charge on any atom is -0.325 e. The Hall–Kier alpha value is -2.38. The van der Waals surface area contributed by atoms with Crippen LogP contribution >= 0.6 is 11.6 Å². The minimum absolute atomic E-state index is 0.104. The Morgan fingerprint density at radius 2 is 1.70 bits per heavy atom. The first-order chi connectivity index (χ1) is 15.9. The minimum atomic E-state index is -3.78. The monoisotopic (exact) mass is 487 g/mol. The molecule has 176 valence electrons. The third kappa shape index (κ3) is 5.58. The van der Waals surface area contributed by atoms with Crippen molar-refractivity contribution in [2.24, 2.45) is 4.99 Å². The van der Waals surface area contributed by atoms with Crippen LogP contribution in [0.25, 0.3) is 0 Å². The number of hydrogen-bond acceptors (Lipinski definition) is 4. The standard InChI is InChI=1S/C25H30ClN3O3S/c26-20-10-7-9-19(17-20)25(14-4-2-5-15-25)24(30)28-21-11-8-12-22(18-21)33(31,32)29-23-13-3-1-6-16-27-23/h7-12,17-18H,1-6,13-16H2,(H,27,29)(H,28,30). The molecule has 0 bridgehead atoms. The molecule has 1 heterocycles. The van der Waals surface area contributed by atoms with Gasteiger partial charge >= 0.3 is 0 Å². The van der Waals surface area contributed by atoms with E-state index in [-0.39, 0.29) is 10.8 Å². The van der Waals surface area contributed by atoms with Gasteiger partial charge in [0.2, 0.25) is 5.91 Å². The van der Waals surface area contributed by atoms with Crippen LogP contribution in [0.3, 0.4) is 0 Å². The van der Waals surface area contributed by atoms with Crippen LogP contribution in [-0.4, -0.2) is 26.7 Å². The summed E-state index contributed by atoms with van der Waals surface area (Å²) in [7, 11) is -3.78. The zero-order chi connectivity index (χ0) is 23.3. The van der Waals surface area contributed by atoms with E-state index in [1.165, 1.54) is 12.1 Å². The van der Waals surface area contributed by atoms with Crippen molar-refractivity contribution in [2.45, 2.75) is 68.1 Å². The van der Waals surface area contributed by atoms with Crippen LogP contribution in [0.4, 0.5) is 5.69 Å². The maximum atomic E-state index is 13.6. The van der Waals surface area contributed by atoms with E-state index in [0.717, 1.165) is 56.9 Å². The molecule has 1 fully saturated rings. The first-order valence-corrected chi connectivity index (χ1v) is 13.5. The number of rotatable bonds is 5. The van der Waals surface area contributed by atoms with Crippen molar-refractivity contribution in [1.29, 1.82) is 0 Å². The fraction of sp³-hybridized carbons (Fsp3) is 0.440. The molecule has 2 aromatic rings. The first-order valence-electron chi connectivity index (χ1n) is 11.6. The van der Waals surface area contributed by atoms with Gasteiger partial charge in [0.25, 0.3) is 10.0 Å². The van der Waals surface area contributed by atoms with Gasteiger partial charge in [-0.15, -0.1) is 0 Å². The highest BCUT2D eigenvalue weighted by molar-refractivity contribution is 7.90. The van der Waals surface area contributed by atoms with E-state index in [2.05, 4.69) is 15.0 Å². The number of carbonyl (C=O) groups is 1. The van der Waals surface area contributed by atoms with Crippen LogP contribution in [0.5, 0.6) is 0 Å². The summed E-state index contributed by atoms with van der Waals surface area (Å²) in [5, 5.41) is 3.59. The molecular weight excluding hydrogens is 458 g/mol. The molecule has 1 aliphatic carbocycles. The summed E-state index contributed by atoms with van der Waals surface area (Å²) in [6.07, 6.45) is 8.04. The number of hydrogen-bond donors (Lipinski definition) is 2. The molecule has 6 nitrogen and oxygen atoms in total. The van der Waals surface area contributed by atoms with E-state index < -0.39 is 15.4 Å².